The summed E-state index contributed by atoms with van der Waals surface area (Å²) in [5, 5.41) is 10.3. The van der Waals surface area contributed by atoms with E-state index in [1.54, 1.807) is 31.9 Å². The normalized spacial score (nSPS) is 27.1. The summed E-state index contributed by atoms with van der Waals surface area (Å²) < 4.78 is 11.4. The molecular weight excluding hydrogens is 272 g/mol. The molecule has 2 aliphatic heterocycles. The second-order valence-corrected chi connectivity index (χ2v) is 6.19. The monoisotopic (exact) mass is 292 g/mol. The number of nitrogens with two attached hydrogens (primary N) is 1. The Bertz CT molecular complexity index is 600. The summed E-state index contributed by atoms with van der Waals surface area (Å²) in [6, 6.07) is 3.22. The first-order valence-corrected chi connectivity index (χ1v) is 6.98. The number of hydrogen-bond acceptors (Lipinski definition) is 5. The lowest BCUT2D eigenvalue weighted by molar-refractivity contribution is -0.120. The Kier molecular flexibility index (Phi) is 3.11. The van der Waals surface area contributed by atoms with Gasteiger partial charge in [-0.05, 0) is 31.9 Å². The van der Waals surface area contributed by atoms with Crippen LogP contribution in [0.25, 0.3) is 0 Å². The van der Waals surface area contributed by atoms with Crippen LogP contribution in [0, 0.1) is 0 Å². The van der Waals surface area contributed by atoms with E-state index in [2.05, 4.69) is 0 Å². The van der Waals surface area contributed by atoms with E-state index in [1.165, 1.54) is 0 Å². The van der Waals surface area contributed by atoms with Gasteiger partial charge in [-0.1, -0.05) is 0 Å². The molecule has 114 valence electrons. The van der Waals surface area contributed by atoms with Gasteiger partial charge in [0, 0.05) is 19.2 Å². The number of ether oxygens (including phenoxy) is 2. The van der Waals surface area contributed by atoms with Crippen molar-refractivity contribution >= 4 is 11.6 Å². The Morgan fingerprint density at radius 3 is 2.81 bits per heavy atom. The van der Waals surface area contributed by atoms with Crippen molar-refractivity contribution in [2.75, 3.05) is 18.6 Å². The molecule has 1 aromatic rings. The van der Waals surface area contributed by atoms with Gasteiger partial charge in [0.2, 0.25) is 0 Å². The van der Waals surface area contributed by atoms with Crippen LogP contribution in [0.3, 0.4) is 0 Å². The summed E-state index contributed by atoms with van der Waals surface area (Å²) in [5.74, 6) is 1.17. The number of rotatable bonds is 0. The molecule has 0 fully saturated rings. The summed E-state index contributed by atoms with van der Waals surface area (Å²) in [7, 11) is 1.71. The number of anilines is 1. The molecule has 0 radical (unpaired) electrons. The Labute approximate surface area is 123 Å². The smallest absolute Gasteiger partial charge is 0.264 e. The fraction of sp³-hybridized carbons (Fsp3) is 0.533. The number of amides is 1. The highest BCUT2D eigenvalue weighted by Gasteiger charge is 2.39. The molecule has 3 rings (SSSR count). The number of nitrogens with zero attached hydrogens (tertiary/aromatic N) is 1. The predicted octanol–water partition coefficient (Wildman–Crippen LogP) is 0.443. The molecule has 2 atom stereocenters. The van der Waals surface area contributed by atoms with Crippen molar-refractivity contribution in [3.63, 3.8) is 0 Å². The van der Waals surface area contributed by atoms with Gasteiger partial charge in [0.05, 0.1) is 5.69 Å². The topological polar surface area (TPSA) is 85.0 Å². The van der Waals surface area contributed by atoms with Crippen LogP contribution in [0.1, 0.15) is 19.4 Å². The minimum absolute atomic E-state index is 0.0311. The second kappa shape index (κ2) is 4.61. The number of hydrogen-bond donors (Lipinski definition) is 2. The zero-order chi connectivity index (χ0) is 15.4. The van der Waals surface area contributed by atoms with Gasteiger partial charge in [0.25, 0.3) is 5.91 Å². The molecule has 0 aromatic heterocycles. The fourth-order valence-electron chi connectivity index (χ4n) is 2.82. The van der Waals surface area contributed by atoms with Crippen molar-refractivity contribution in [1.29, 1.82) is 0 Å². The van der Waals surface area contributed by atoms with E-state index in [4.69, 9.17) is 15.2 Å². The molecule has 0 spiro atoms. The van der Waals surface area contributed by atoms with Crippen molar-refractivity contribution in [3.05, 3.63) is 17.7 Å². The third-order valence-corrected chi connectivity index (χ3v) is 4.18. The van der Waals surface area contributed by atoms with Crippen LogP contribution in [0.2, 0.25) is 0 Å². The highest BCUT2D eigenvalue weighted by atomic mass is 16.5. The zero-order valence-corrected chi connectivity index (χ0v) is 12.4. The molecule has 2 heterocycles. The molecule has 21 heavy (non-hydrogen) atoms. The Morgan fingerprint density at radius 2 is 2.10 bits per heavy atom. The van der Waals surface area contributed by atoms with Crippen LogP contribution < -0.4 is 20.1 Å². The summed E-state index contributed by atoms with van der Waals surface area (Å²) in [5.41, 5.74) is 6.82. The van der Waals surface area contributed by atoms with Crippen molar-refractivity contribution in [2.45, 2.75) is 38.0 Å². The summed E-state index contributed by atoms with van der Waals surface area (Å²) in [6.07, 6.45) is -0.281. The second-order valence-electron chi connectivity index (χ2n) is 6.19. The number of likely N-dealkylation sites (N-methyl/N-ethyl adjacent to an activating group) is 1. The largest absolute Gasteiger partial charge is 0.485 e. The van der Waals surface area contributed by atoms with Gasteiger partial charge in [0.1, 0.15) is 23.2 Å². The highest BCUT2D eigenvalue weighted by Crippen LogP contribution is 2.41. The van der Waals surface area contributed by atoms with Gasteiger partial charge < -0.3 is 25.2 Å². The van der Waals surface area contributed by atoms with Crippen LogP contribution in [-0.2, 0) is 11.2 Å². The lowest BCUT2D eigenvalue weighted by Crippen LogP contribution is -2.51. The van der Waals surface area contributed by atoms with Crippen molar-refractivity contribution < 1.29 is 19.4 Å². The van der Waals surface area contributed by atoms with Gasteiger partial charge in [-0.15, -0.1) is 0 Å². The number of aliphatic hydroxyl groups is 1. The highest BCUT2D eigenvalue weighted by molar-refractivity contribution is 5.97. The molecular formula is C15H20N2O4. The van der Waals surface area contributed by atoms with E-state index in [9.17, 15) is 9.90 Å². The van der Waals surface area contributed by atoms with Crippen LogP contribution in [0.5, 0.6) is 11.5 Å². The lowest BCUT2D eigenvalue weighted by atomic mass is 9.93. The third-order valence-electron chi connectivity index (χ3n) is 4.18. The van der Waals surface area contributed by atoms with Gasteiger partial charge in [-0.2, -0.15) is 0 Å². The maximum atomic E-state index is 11.7. The average Bonchev–Trinajstić information content (AvgIpc) is 2.50. The number of benzene rings is 1. The predicted molar refractivity (Wildman–Crippen MR) is 77.7 cm³/mol. The first kappa shape index (κ1) is 14.2. The van der Waals surface area contributed by atoms with Crippen molar-refractivity contribution in [2.24, 2.45) is 5.73 Å². The summed E-state index contributed by atoms with van der Waals surface area (Å²) in [6.45, 7) is 3.64. The molecule has 1 amide bonds. The molecule has 1 aromatic carbocycles. The van der Waals surface area contributed by atoms with Crippen LogP contribution in [-0.4, -0.2) is 42.4 Å². The van der Waals surface area contributed by atoms with Crippen LogP contribution in [0.4, 0.5) is 5.69 Å². The first-order chi connectivity index (χ1) is 9.79. The molecule has 2 unspecified atom stereocenters. The minimum Gasteiger partial charge on any atom is -0.485 e. The van der Waals surface area contributed by atoms with E-state index in [1.807, 2.05) is 6.07 Å². The average molecular weight is 292 g/mol. The van der Waals surface area contributed by atoms with Crippen molar-refractivity contribution in [1.82, 2.24) is 0 Å². The molecule has 0 saturated heterocycles. The van der Waals surface area contributed by atoms with Gasteiger partial charge in [-0.25, -0.2) is 0 Å². The van der Waals surface area contributed by atoms with Gasteiger partial charge in [0.15, 0.2) is 6.61 Å². The van der Waals surface area contributed by atoms with E-state index in [0.29, 0.717) is 23.6 Å². The molecule has 0 saturated carbocycles. The van der Waals surface area contributed by atoms with E-state index < -0.39 is 17.7 Å². The SMILES string of the molecule is CN1C(=O)COc2cc3c(cc21)OC(C)(C)C(O)C(N)C3. The minimum atomic E-state index is -0.795. The summed E-state index contributed by atoms with van der Waals surface area (Å²) in [4.78, 5) is 13.3. The molecule has 2 aliphatic rings. The summed E-state index contributed by atoms with van der Waals surface area (Å²) >= 11 is 0. The maximum absolute atomic E-state index is 11.7. The molecule has 0 aliphatic carbocycles. The Balaban J connectivity index is 2.09. The van der Waals surface area contributed by atoms with Crippen LogP contribution in [0.15, 0.2) is 12.1 Å². The zero-order valence-electron chi connectivity index (χ0n) is 12.4. The third kappa shape index (κ3) is 2.24. The number of aliphatic hydroxyl groups excluding tert-OH is 1. The van der Waals surface area contributed by atoms with Crippen LogP contribution >= 0.6 is 0 Å². The fourth-order valence-corrected chi connectivity index (χ4v) is 2.82. The molecule has 0 bridgehead atoms. The lowest BCUT2D eigenvalue weighted by Gasteiger charge is -2.32. The Morgan fingerprint density at radius 1 is 1.38 bits per heavy atom. The maximum Gasteiger partial charge on any atom is 0.264 e. The van der Waals surface area contributed by atoms with Crippen molar-refractivity contribution in [3.8, 4) is 11.5 Å². The standard InChI is InChI=1S/C15H20N2O4/c1-15(2)14(19)9(16)4-8-5-12-10(6-11(8)21-15)17(3)13(18)7-20-12/h5-6,9,14,19H,4,7,16H2,1-3H3. The Hall–Kier alpha value is -1.79. The quantitative estimate of drug-likeness (QED) is 0.725. The number of carbonyl (C=O) groups excluding carboxylic acids is 1. The van der Waals surface area contributed by atoms with Gasteiger partial charge >= 0.3 is 0 Å². The number of fused-ring (bicyclic) bond motifs is 2. The van der Waals surface area contributed by atoms with E-state index >= 15 is 0 Å². The number of carbonyl (C=O) groups is 1. The molecule has 3 N–H and O–H groups in total. The van der Waals surface area contributed by atoms with E-state index in [-0.39, 0.29) is 12.5 Å². The molecule has 6 nitrogen and oxygen atoms in total. The molecule has 6 heteroatoms. The van der Waals surface area contributed by atoms with E-state index in [0.717, 1.165) is 5.56 Å². The van der Waals surface area contributed by atoms with Gasteiger partial charge in [-0.3, -0.25) is 4.79 Å². The first-order valence-electron chi connectivity index (χ1n) is 6.98.